The fraction of sp³-hybridized carbons (Fsp3) is 1.00. The van der Waals surface area contributed by atoms with E-state index in [0.717, 1.165) is 0 Å². The van der Waals surface area contributed by atoms with Crippen molar-refractivity contribution < 1.29 is 27.3 Å². The predicted molar refractivity (Wildman–Crippen MR) is 28.1 cm³/mol. The summed E-state index contributed by atoms with van der Waals surface area (Å²) in [5.41, 5.74) is 12.3. The summed E-state index contributed by atoms with van der Waals surface area (Å²) in [7, 11) is 0. The van der Waals surface area contributed by atoms with E-state index in [-0.39, 0.29) is 43.4 Å². The molecular weight excluding hydrogens is 172 g/mol. The first-order valence-electron chi connectivity index (χ1n) is 2.28. The summed E-state index contributed by atoms with van der Waals surface area (Å²) >= 11 is 0. The van der Waals surface area contributed by atoms with E-state index in [1.165, 1.54) is 0 Å². The third kappa shape index (κ3) is 60.7. The molecule has 0 heterocycles. The largest absolute Gasteiger partial charge is 2.00 e. The van der Waals surface area contributed by atoms with E-state index in [1.807, 2.05) is 0 Å². The molecule has 5 heteroatoms. The van der Waals surface area contributed by atoms with Crippen LogP contribution in [0.2, 0.25) is 0 Å². The Morgan fingerprint density at radius 3 is 1.00 bits per heavy atom. The van der Waals surface area contributed by atoms with Crippen LogP contribution in [0.5, 0.6) is 0 Å². The van der Waals surface area contributed by atoms with Crippen LogP contribution in [0.1, 0.15) is 0 Å². The summed E-state index contributed by atoms with van der Waals surface area (Å²) in [6.07, 6.45) is 0. The molecule has 0 aliphatic carbocycles. The first kappa shape index (κ1) is 16.2. The molecule has 0 saturated carbocycles. The first-order chi connectivity index (χ1) is 3.83. The summed E-state index contributed by atoms with van der Waals surface area (Å²) in [6.45, 7) is -0.500. The molecule has 61 valence electrons. The molecule has 1 radical (unpaired) electrons. The summed E-state index contributed by atoms with van der Waals surface area (Å²) in [6, 6.07) is 0. The summed E-state index contributed by atoms with van der Waals surface area (Å²) in [5.74, 6) is 0. The van der Waals surface area contributed by atoms with E-state index in [9.17, 15) is 0 Å². The Labute approximate surface area is 65.7 Å². The van der Waals surface area contributed by atoms with Crippen LogP contribution in [-0.2, 0) is 17.1 Å². The SMILES string of the molecule is [Cu+2].[NH-]CC[O-].[NH-]CC[O-]. The molecule has 2 N–H and O–H groups in total. The van der Waals surface area contributed by atoms with Gasteiger partial charge in [0.25, 0.3) is 0 Å². The van der Waals surface area contributed by atoms with Crippen molar-refractivity contribution in [3.63, 3.8) is 0 Å². The smallest absolute Gasteiger partial charge is 0.856 e. The van der Waals surface area contributed by atoms with Crippen molar-refractivity contribution in [1.82, 2.24) is 0 Å². The minimum Gasteiger partial charge on any atom is -0.856 e. The molecule has 0 amide bonds. The van der Waals surface area contributed by atoms with Gasteiger partial charge < -0.3 is 21.7 Å². The maximum atomic E-state index is 9.11. The molecule has 0 aliphatic rings. The summed E-state index contributed by atoms with van der Waals surface area (Å²) in [4.78, 5) is 0. The van der Waals surface area contributed by atoms with Crippen molar-refractivity contribution in [3.05, 3.63) is 11.5 Å². The Morgan fingerprint density at radius 2 is 1.00 bits per heavy atom. The van der Waals surface area contributed by atoms with Crippen molar-refractivity contribution in [3.8, 4) is 0 Å². The van der Waals surface area contributed by atoms with E-state index in [4.69, 9.17) is 21.7 Å². The van der Waals surface area contributed by atoms with Gasteiger partial charge in [0, 0.05) is 0 Å². The molecule has 0 aliphatic heterocycles. The molecule has 0 aromatic heterocycles. The van der Waals surface area contributed by atoms with Gasteiger partial charge in [-0.25, -0.2) is 0 Å². The second-order valence-electron chi connectivity index (χ2n) is 0.908. The topological polar surface area (TPSA) is 93.7 Å². The van der Waals surface area contributed by atoms with E-state index >= 15 is 0 Å². The number of nitrogens with one attached hydrogen (secondary N) is 2. The van der Waals surface area contributed by atoms with E-state index in [0.29, 0.717) is 0 Å². The van der Waals surface area contributed by atoms with Gasteiger partial charge in [-0.1, -0.05) is 0 Å². The molecule has 0 rings (SSSR count). The van der Waals surface area contributed by atoms with Crippen molar-refractivity contribution in [2.75, 3.05) is 26.3 Å². The van der Waals surface area contributed by atoms with Crippen LogP contribution in [0.4, 0.5) is 0 Å². The van der Waals surface area contributed by atoms with Crippen LogP contribution in [0.15, 0.2) is 0 Å². The zero-order valence-electron chi connectivity index (χ0n) is 4.95. The molecule has 0 aromatic rings. The average Bonchev–Trinajstić information content (AvgIpc) is 1.88. The number of hydrogen-bond acceptors (Lipinski definition) is 2. The normalized spacial score (nSPS) is 6.67. The Balaban J connectivity index is -0.0000000720. The third-order valence-electron chi connectivity index (χ3n) is 0.204. The van der Waals surface area contributed by atoms with Crippen molar-refractivity contribution >= 4 is 0 Å². The van der Waals surface area contributed by atoms with Gasteiger partial charge in [0.15, 0.2) is 0 Å². The summed E-state index contributed by atoms with van der Waals surface area (Å²) < 4.78 is 0. The standard InChI is InChI=1S/2C2H5NO.Cu/c2*3-1-2-4;/h2*3H,1-2H2;/q2*-2;+2. The van der Waals surface area contributed by atoms with Gasteiger partial charge in [-0.05, 0) is 0 Å². The van der Waals surface area contributed by atoms with Crippen LogP contribution in [0.3, 0.4) is 0 Å². The quantitative estimate of drug-likeness (QED) is 0.501. The van der Waals surface area contributed by atoms with Crippen LogP contribution < -0.4 is 10.2 Å². The molecule has 0 aromatic carbocycles. The Kier molecular flexibility index (Phi) is 42.8. The molecule has 0 fully saturated rings. The van der Waals surface area contributed by atoms with Gasteiger partial charge in [-0.15, -0.1) is 0 Å². The number of hydrogen-bond donors (Lipinski definition) is 0. The van der Waals surface area contributed by atoms with Crippen LogP contribution in [0, 0.1) is 0 Å². The Hall–Kier alpha value is 0.359. The van der Waals surface area contributed by atoms with Gasteiger partial charge in [-0.2, -0.15) is 26.3 Å². The second-order valence-corrected chi connectivity index (χ2v) is 0.908. The van der Waals surface area contributed by atoms with Gasteiger partial charge in [0.1, 0.15) is 0 Å². The molecule has 0 bridgehead atoms. The minimum atomic E-state index is -0.264. The summed E-state index contributed by atoms with van der Waals surface area (Å²) in [5, 5.41) is 18.2. The Bertz CT molecular complexity index is 24.5. The predicted octanol–water partition coefficient (Wildman–Crippen LogP) is -1.20. The van der Waals surface area contributed by atoms with Gasteiger partial charge in [0.2, 0.25) is 0 Å². The monoisotopic (exact) mass is 181 g/mol. The van der Waals surface area contributed by atoms with Crippen LogP contribution in [0.25, 0.3) is 11.5 Å². The maximum Gasteiger partial charge on any atom is 2.00 e. The molecule has 0 unspecified atom stereocenters. The third-order valence-corrected chi connectivity index (χ3v) is 0.204. The zero-order valence-corrected chi connectivity index (χ0v) is 5.89. The molecule has 0 atom stereocenters. The van der Waals surface area contributed by atoms with E-state index < -0.39 is 0 Å². The average molecular weight is 182 g/mol. The Morgan fingerprint density at radius 1 is 0.889 bits per heavy atom. The van der Waals surface area contributed by atoms with Crippen LogP contribution in [-0.4, -0.2) is 26.3 Å². The fourth-order valence-electron chi connectivity index (χ4n) is 0. The van der Waals surface area contributed by atoms with Crippen LogP contribution >= 0.6 is 0 Å². The number of rotatable bonds is 2. The molecule has 4 nitrogen and oxygen atoms in total. The molecule has 0 saturated heterocycles. The van der Waals surface area contributed by atoms with Gasteiger partial charge in [0.05, 0.1) is 0 Å². The van der Waals surface area contributed by atoms with Gasteiger partial charge in [-0.3, -0.25) is 0 Å². The van der Waals surface area contributed by atoms with E-state index in [2.05, 4.69) is 0 Å². The first-order valence-corrected chi connectivity index (χ1v) is 2.28. The van der Waals surface area contributed by atoms with Gasteiger partial charge >= 0.3 is 17.1 Å². The minimum absolute atomic E-state index is 0. The van der Waals surface area contributed by atoms with Crippen molar-refractivity contribution in [1.29, 1.82) is 0 Å². The maximum absolute atomic E-state index is 9.11. The van der Waals surface area contributed by atoms with E-state index in [1.54, 1.807) is 0 Å². The fourth-order valence-corrected chi connectivity index (χ4v) is 0. The van der Waals surface area contributed by atoms with Crippen molar-refractivity contribution in [2.45, 2.75) is 0 Å². The molecular formula is C4H10CuN2O2-2. The van der Waals surface area contributed by atoms with Crippen molar-refractivity contribution in [2.24, 2.45) is 0 Å². The molecule has 0 spiro atoms. The zero-order chi connectivity index (χ0) is 6.83. The second kappa shape index (κ2) is 23.8. The molecule has 9 heavy (non-hydrogen) atoms.